The zero-order valence-electron chi connectivity index (χ0n) is 16.9. The van der Waals surface area contributed by atoms with Crippen molar-refractivity contribution in [1.82, 2.24) is 19.2 Å². The Kier molecular flexibility index (Phi) is 5.31. The van der Waals surface area contributed by atoms with Crippen molar-refractivity contribution in [2.24, 2.45) is 0 Å². The van der Waals surface area contributed by atoms with Crippen LogP contribution in [0.4, 0.5) is 0 Å². The molecule has 156 valence electrons. The summed E-state index contributed by atoms with van der Waals surface area (Å²) < 4.78 is 39.9. The molecule has 30 heavy (non-hydrogen) atoms. The van der Waals surface area contributed by atoms with Gasteiger partial charge < -0.3 is 8.94 Å². The summed E-state index contributed by atoms with van der Waals surface area (Å²) in [5.74, 6) is 1.22. The molecule has 1 aromatic carbocycles. The Morgan fingerprint density at radius 1 is 1.10 bits per heavy atom. The highest BCUT2D eigenvalue weighted by molar-refractivity contribution is 7.89. The molecular formula is C21H22N4O4S. The lowest BCUT2D eigenvalue weighted by atomic mass is 10.2. The third-order valence-corrected chi connectivity index (χ3v) is 6.93. The summed E-state index contributed by atoms with van der Waals surface area (Å²) in [6.07, 6.45) is 1.52. The van der Waals surface area contributed by atoms with Gasteiger partial charge in [-0.1, -0.05) is 35.5 Å². The number of aromatic nitrogens is 3. The van der Waals surface area contributed by atoms with Crippen molar-refractivity contribution >= 4 is 10.0 Å². The molecule has 9 heteroatoms. The second kappa shape index (κ2) is 7.92. The molecule has 0 aliphatic rings. The molecule has 0 fully saturated rings. The van der Waals surface area contributed by atoms with E-state index in [1.165, 1.54) is 17.6 Å². The van der Waals surface area contributed by atoms with Gasteiger partial charge in [-0.3, -0.25) is 4.68 Å². The van der Waals surface area contributed by atoms with E-state index in [4.69, 9.17) is 8.94 Å². The topological polar surface area (TPSA) is 94.4 Å². The molecule has 4 aromatic rings. The van der Waals surface area contributed by atoms with E-state index in [1.54, 1.807) is 30.7 Å². The average Bonchev–Trinajstić information content (AvgIpc) is 3.45. The summed E-state index contributed by atoms with van der Waals surface area (Å²) in [7, 11) is -2.21. The fourth-order valence-electron chi connectivity index (χ4n) is 3.35. The van der Waals surface area contributed by atoms with Crippen molar-refractivity contribution < 1.29 is 17.4 Å². The molecule has 0 bridgehead atoms. The van der Waals surface area contributed by atoms with E-state index in [2.05, 4.69) is 10.3 Å². The number of benzene rings is 1. The number of nitrogens with zero attached hydrogens (tertiary/aromatic N) is 4. The van der Waals surface area contributed by atoms with Gasteiger partial charge in [0.25, 0.3) is 0 Å². The summed E-state index contributed by atoms with van der Waals surface area (Å²) in [5.41, 5.74) is 2.56. The maximum absolute atomic E-state index is 13.2. The molecule has 0 atom stereocenters. The minimum atomic E-state index is -3.74. The van der Waals surface area contributed by atoms with Crippen LogP contribution in [0, 0.1) is 13.8 Å². The lowest BCUT2D eigenvalue weighted by molar-refractivity contribution is 0.405. The van der Waals surface area contributed by atoms with E-state index in [0.717, 1.165) is 5.56 Å². The van der Waals surface area contributed by atoms with Crippen molar-refractivity contribution in [2.75, 3.05) is 7.05 Å². The van der Waals surface area contributed by atoms with Gasteiger partial charge in [-0.15, -0.1) is 0 Å². The van der Waals surface area contributed by atoms with E-state index < -0.39 is 10.0 Å². The van der Waals surface area contributed by atoms with Crippen LogP contribution in [0.15, 0.2) is 68.6 Å². The average molecular weight is 426 g/mol. The van der Waals surface area contributed by atoms with Crippen LogP contribution >= 0.6 is 0 Å². The van der Waals surface area contributed by atoms with Crippen LogP contribution in [0.5, 0.6) is 0 Å². The van der Waals surface area contributed by atoms with Gasteiger partial charge in [0.05, 0.1) is 30.7 Å². The predicted molar refractivity (Wildman–Crippen MR) is 110 cm³/mol. The summed E-state index contributed by atoms with van der Waals surface area (Å²) in [5, 5.41) is 8.55. The smallest absolute Gasteiger partial charge is 0.246 e. The number of rotatable bonds is 7. The normalized spacial score (nSPS) is 12.0. The van der Waals surface area contributed by atoms with Crippen molar-refractivity contribution in [3.63, 3.8) is 0 Å². The van der Waals surface area contributed by atoms with Gasteiger partial charge in [-0.2, -0.15) is 9.40 Å². The second-order valence-corrected chi connectivity index (χ2v) is 9.03. The van der Waals surface area contributed by atoms with Gasteiger partial charge in [0, 0.05) is 18.7 Å². The Balaban J connectivity index is 1.59. The first-order chi connectivity index (χ1) is 14.4. The van der Waals surface area contributed by atoms with Crippen LogP contribution in [0.1, 0.15) is 22.8 Å². The van der Waals surface area contributed by atoms with Crippen LogP contribution in [-0.4, -0.2) is 34.7 Å². The number of hydrogen-bond donors (Lipinski definition) is 0. The molecule has 0 aliphatic carbocycles. The van der Waals surface area contributed by atoms with Crippen molar-refractivity contribution in [2.45, 2.75) is 31.8 Å². The molecule has 0 saturated heterocycles. The number of aryl methyl sites for hydroxylation is 1. The summed E-state index contributed by atoms with van der Waals surface area (Å²) in [4.78, 5) is 0.198. The third-order valence-electron chi connectivity index (χ3n) is 4.87. The number of sulfonamides is 1. The first-order valence-electron chi connectivity index (χ1n) is 9.40. The highest BCUT2D eigenvalue weighted by Crippen LogP contribution is 2.25. The van der Waals surface area contributed by atoms with Crippen molar-refractivity contribution in [3.8, 4) is 11.3 Å². The molecular weight excluding hydrogens is 404 g/mol. The molecule has 8 nitrogen and oxygen atoms in total. The van der Waals surface area contributed by atoms with E-state index in [0.29, 0.717) is 35.1 Å². The van der Waals surface area contributed by atoms with E-state index in [9.17, 15) is 8.42 Å². The highest BCUT2D eigenvalue weighted by atomic mass is 32.2. The first kappa shape index (κ1) is 20.1. The number of furan rings is 1. The number of hydrogen-bond acceptors (Lipinski definition) is 6. The van der Waals surface area contributed by atoms with Crippen LogP contribution in [-0.2, 0) is 23.1 Å². The third kappa shape index (κ3) is 3.81. The molecule has 0 radical (unpaired) electrons. The molecule has 0 amide bonds. The van der Waals surface area contributed by atoms with Gasteiger partial charge in [0.2, 0.25) is 10.0 Å². The Morgan fingerprint density at radius 2 is 1.87 bits per heavy atom. The molecule has 3 heterocycles. The van der Waals surface area contributed by atoms with Crippen LogP contribution in [0.25, 0.3) is 11.3 Å². The van der Waals surface area contributed by atoms with E-state index in [-0.39, 0.29) is 11.4 Å². The Bertz CT molecular complexity index is 1240. The Morgan fingerprint density at radius 3 is 2.57 bits per heavy atom. The second-order valence-electron chi connectivity index (χ2n) is 7.05. The quantitative estimate of drug-likeness (QED) is 0.448. The lowest BCUT2D eigenvalue weighted by Gasteiger charge is -2.16. The highest BCUT2D eigenvalue weighted by Gasteiger charge is 2.29. The van der Waals surface area contributed by atoms with Crippen molar-refractivity contribution in [3.05, 3.63) is 77.6 Å². The van der Waals surface area contributed by atoms with Gasteiger partial charge in [-0.25, -0.2) is 8.42 Å². The zero-order valence-corrected chi connectivity index (χ0v) is 17.8. The summed E-state index contributed by atoms with van der Waals surface area (Å²) >= 11 is 0. The monoisotopic (exact) mass is 426 g/mol. The SMILES string of the molecule is Cc1nn(Cc2cc(-c3ccccc3)on2)c(C)c1S(=O)(=O)N(C)Cc1ccco1. The van der Waals surface area contributed by atoms with Crippen LogP contribution in [0.3, 0.4) is 0 Å². The predicted octanol–water partition coefficient (Wildman–Crippen LogP) is 3.62. The van der Waals surface area contributed by atoms with Gasteiger partial charge in [-0.05, 0) is 26.0 Å². The van der Waals surface area contributed by atoms with Crippen molar-refractivity contribution in [1.29, 1.82) is 0 Å². The fraction of sp³-hybridized carbons (Fsp3) is 0.238. The van der Waals surface area contributed by atoms with Gasteiger partial charge >= 0.3 is 0 Å². The standard InChI is InChI=1S/C21H22N4O4S/c1-15-21(30(26,27)24(3)14-19-10-7-11-28-19)16(2)25(22-15)13-18-12-20(29-23-18)17-8-5-4-6-9-17/h4-12H,13-14H2,1-3H3. The fourth-order valence-corrected chi connectivity index (χ4v) is 4.85. The van der Waals surface area contributed by atoms with E-state index >= 15 is 0 Å². The largest absolute Gasteiger partial charge is 0.468 e. The molecule has 0 N–H and O–H groups in total. The maximum atomic E-state index is 13.2. The van der Waals surface area contributed by atoms with Crippen LogP contribution < -0.4 is 0 Å². The van der Waals surface area contributed by atoms with Gasteiger partial charge in [0.15, 0.2) is 5.76 Å². The summed E-state index contributed by atoms with van der Waals surface area (Å²) in [6, 6.07) is 15.0. The lowest BCUT2D eigenvalue weighted by Crippen LogP contribution is -2.27. The molecule has 0 spiro atoms. The molecule has 0 saturated carbocycles. The maximum Gasteiger partial charge on any atom is 0.246 e. The van der Waals surface area contributed by atoms with E-state index in [1.807, 2.05) is 36.4 Å². The summed E-state index contributed by atoms with van der Waals surface area (Å²) in [6.45, 7) is 3.88. The molecule has 0 aliphatic heterocycles. The Labute approximate surface area is 174 Å². The minimum absolute atomic E-state index is 0.142. The zero-order chi connectivity index (χ0) is 21.3. The molecule has 3 aromatic heterocycles. The molecule has 4 rings (SSSR count). The molecule has 0 unspecified atom stereocenters. The first-order valence-corrected chi connectivity index (χ1v) is 10.8. The van der Waals surface area contributed by atoms with Gasteiger partial charge in [0.1, 0.15) is 16.3 Å². The van der Waals surface area contributed by atoms with Crippen LogP contribution in [0.2, 0.25) is 0 Å². The Hall–Kier alpha value is -3.17. The minimum Gasteiger partial charge on any atom is -0.468 e.